The highest BCUT2D eigenvalue weighted by atomic mass is 16.5. The SMILES string of the molecule is CN=C(NCCCN1CCN(Cc2ccccc2)CC1)NCc1ccc(OC)cc1OC. The molecule has 1 fully saturated rings. The van der Waals surface area contributed by atoms with E-state index in [1.165, 1.54) is 5.56 Å². The van der Waals surface area contributed by atoms with E-state index in [4.69, 9.17) is 9.47 Å². The third-order valence-corrected chi connectivity index (χ3v) is 5.82. The maximum Gasteiger partial charge on any atom is 0.191 e. The fourth-order valence-electron chi connectivity index (χ4n) is 3.92. The number of rotatable bonds is 10. The number of piperazine rings is 1. The molecule has 2 aromatic carbocycles. The zero-order chi connectivity index (χ0) is 22.6. The van der Waals surface area contributed by atoms with Crippen molar-refractivity contribution in [2.45, 2.75) is 19.5 Å². The third-order valence-electron chi connectivity index (χ3n) is 5.82. The van der Waals surface area contributed by atoms with E-state index in [0.29, 0.717) is 6.54 Å². The number of nitrogens with zero attached hydrogens (tertiary/aromatic N) is 3. The summed E-state index contributed by atoms with van der Waals surface area (Å²) in [6.45, 7) is 8.23. The van der Waals surface area contributed by atoms with Crippen LogP contribution in [0.2, 0.25) is 0 Å². The van der Waals surface area contributed by atoms with Gasteiger partial charge in [-0.2, -0.15) is 0 Å². The Bertz CT molecular complexity index is 835. The Morgan fingerprint density at radius 1 is 0.938 bits per heavy atom. The van der Waals surface area contributed by atoms with Crippen molar-refractivity contribution in [2.24, 2.45) is 4.99 Å². The van der Waals surface area contributed by atoms with Crippen LogP contribution in [-0.4, -0.2) is 76.3 Å². The first-order valence-corrected chi connectivity index (χ1v) is 11.4. The number of methoxy groups -OCH3 is 2. The van der Waals surface area contributed by atoms with Crippen molar-refractivity contribution >= 4 is 5.96 Å². The van der Waals surface area contributed by atoms with Gasteiger partial charge in [-0.15, -0.1) is 0 Å². The highest BCUT2D eigenvalue weighted by Gasteiger charge is 2.16. The van der Waals surface area contributed by atoms with Gasteiger partial charge in [-0.25, -0.2) is 0 Å². The fraction of sp³-hybridized carbons (Fsp3) is 0.480. The van der Waals surface area contributed by atoms with Crippen LogP contribution in [0.15, 0.2) is 53.5 Å². The van der Waals surface area contributed by atoms with Crippen LogP contribution in [0.3, 0.4) is 0 Å². The summed E-state index contributed by atoms with van der Waals surface area (Å²) in [5.74, 6) is 2.39. The molecule has 0 aliphatic carbocycles. The number of guanidine groups is 1. The highest BCUT2D eigenvalue weighted by molar-refractivity contribution is 5.79. The maximum absolute atomic E-state index is 5.47. The molecule has 0 unspecified atom stereocenters. The summed E-state index contributed by atoms with van der Waals surface area (Å²) in [7, 11) is 5.13. The first-order chi connectivity index (χ1) is 15.7. The van der Waals surface area contributed by atoms with Gasteiger partial charge in [0.25, 0.3) is 0 Å². The number of aliphatic imine (C=N–C) groups is 1. The van der Waals surface area contributed by atoms with Gasteiger partial charge in [0, 0.05) is 64.5 Å². The van der Waals surface area contributed by atoms with Gasteiger partial charge >= 0.3 is 0 Å². The predicted octanol–water partition coefficient (Wildman–Crippen LogP) is 2.58. The monoisotopic (exact) mass is 439 g/mol. The van der Waals surface area contributed by atoms with E-state index in [9.17, 15) is 0 Å². The Kier molecular flexibility index (Phi) is 9.65. The molecule has 0 spiro atoms. The second-order valence-electron chi connectivity index (χ2n) is 7.99. The third kappa shape index (κ3) is 7.43. The largest absolute Gasteiger partial charge is 0.497 e. The fourth-order valence-corrected chi connectivity index (χ4v) is 3.92. The quantitative estimate of drug-likeness (QED) is 0.337. The van der Waals surface area contributed by atoms with Crippen LogP contribution in [0.5, 0.6) is 11.5 Å². The van der Waals surface area contributed by atoms with Crippen molar-refractivity contribution in [3.05, 3.63) is 59.7 Å². The van der Waals surface area contributed by atoms with Crippen LogP contribution in [0.25, 0.3) is 0 Å². The van der Waals surface area contributed by atoms with Crippen LogP contribution in [0, 0.1) is 0 Å². The van der Waals surface area contributed by atoms with E-state index in [1.54, 1.807) is 21.3 Å². The van der Waals surface area contributed by atoms with Gasteiger partial charge in [-0.1, -0.05) is 30.3 Å². The Balaban J connectivity index is 1.32. The molecule has 0 amide bonds. The van der Waals surface area contributed by atoms with E-state index < -0.39 is 0 Å². The number of hydrogen-bond donors (Lipinski definition) is 2. The summed E-state index contributed by atoms with van der Waals surface area (Å²) in [5.41, 5.74) is 2.46. The zero-order valence-electron chi connectivity index (χ0n) is 19.6. The second-order valence-corrected chi connectivity index (χ2v) is 7.99. The second kappa shape index (κ2) is 12.9. The lowest BCUT2D eigenvalue weighted by Gasteiger charge is -2.34. The van der Waals surface area contributed by atoms with Crippen molar-refractivity contribution in [1.29, 1.82) is 0 Å². The van der Waals surface area contributed by atoms with E-state index in [0.717, 1.165) is 75.3 Å². The van der Waals surface area contributed by atoms with Gasteiger partial charge in [0.05, 0.1) is 14.2 Å². The Morgan fingerprint density at radius 2 is 1.69 bits per heavy atom. The first-order valence-electron chi connectivity index (χ1n) is 11.4. The molecule has 1 heterocycles. The normalized spacial score (nSPS) is 15.4. The summed E-state index contributed by atoms with van der Waals surface area (Å²) < 4.78 is 10.7. The Hall–Kier alpha value is -2.77. The molecule has 1 aliphatic heterocycles. The minimum Gasteiger partial charge on any atom is -0.497 e. The van der Waals surface area contributed by atoms with Gasteiger partial charge in [0.2, 0.25) is 0 Å². The van der Waals surface area contributed by atoms with Gasteiger partial charge in [-0.05, 0) is 30.7 Å². The highest BCUT2D eigenvalue weighted by Crippen LogP contribution is 2.24. The zero-order valence-corrected chi connectivity index (χ0v) is 19.6. The molecule has 3 rings (SSSR count). The van der Waals surface area contributed by atoms with E-state index >= 15 is 0 Å². The van der Waals surface area contributed by atoms with Crippen LogP contribution in [-0.2, 0) is 13.1 Å². The molecule has 7 heteroatoms. The molecule has 1 aliphatic rings. The van der Waals surface area contributed by atoms with E-state index in [2.05, 4.69) is 55.8 Å². The van der Waals surface area contributed by atoms with Crippen LogP contribution in [0.1, 0.15) is 17.5 Å². The molecular weight excluding hydrogens is 402 g/mol. The molecule has 2 N–H and O–H groups in total. The standard InChI is InChI=1S/C25H37N5O2/c1-26-25(28-19-22-10-11-23(31-2)18-24(22)32-3)27-12-7-13-29-14-16-30(17-15-29)20-21-8-5-4-6-9-21/h4-6,8-11,18H,7,12-17,19-20H2,1-3H3,(H2,26,27,28). The summed E-state index contributed by atoms with van der Waals surface area (Å²) in [6, 6.07) is 16.6. The molecule has 2 aromatic rings. The predicted molar refractivity (Wildman–Crippen MR) is 131 cm³/mol. The van der Waals surface area contributed by atoms with Gasteiger partial charge in [-0.3, -0.25) is 9.89 Å². The lowest BCUT2D eigenvalue weighted by Crippen LogP contribution is -2.46. The molecular formula is C25H37N5O2. The molecule has 0 bridgehead atoms. The van der Waals surface area contributed by atoms with Crippen molar-refractivity contribution in [3.63, 3.8) is 0 Å². The summed E-state index contributed by atoms with van der Waals surface area (Å²) >= 11 is 0. The Morgan fingerprint density at radius 3 is 2.38 bits per heavy atom. The topological polar surface area (TPSA) is 61.4 Å². The van der Waals surface area contributed by atoms with Crippen LogP contribution in [0.4, 0.5) is 0 Å². The average Bonchev–Trinajstić information content (AvgIpc) is 2.85. The van der Waals surface area contributed by atoms with E-state index in [1.807, 2.05) is 18.2 Å². The van der Waals surface area contributed by atoms with Crippen LogP contribution >= 0.6 is 0 Å². The number of nitrogens with one attached hydrogen (secondary N) is 2. The minimum atomic E-state index is 0.635. The average molecular weight is 440 g/mol. The molecule has 32 heavy (non-hydrogen) atoms. The molecule has 7 nitrogen and oxygen atoms in total. The van der Waals surface area contributed by atoms with Crippen molar-refractivity contribution < 1.29 is 9.47 Å². The van der Waals surface area contributed by atoms with Gasteiger partial charge < -0.3 is 25.0 Å². The number of benzene rings is 2. The summed E-state index contributed by atoms with van der Waals surface area (Å²) in [4.78, 5) is 9.44. The summed E-state index contributed by atoms with van der Waals surface area (Å²) in [6.07, 6.45) is 1.09. The van der Waals surface area contributed by atoms with Crippen molar-refractivity contribution in [1.82, 2.24) is 20.4 Å². The van der Waals surface area contributed by atoms with Gasteiger partial charge in [0.1, 0.15) is 11.5 Å². The number of hydrogen-bond acceptors (Lipinski definition) is 5. The molecule has 0 atom stereocenters. The lowest BCUT2D eigenvalue weighted by molar-refractivity contribution is 0.126. The van der Waals surface area contributed by atoms with Gasteiger partial charge in [0.15, 0.2) is 5.96 Å². The maximum atomic E-state index is 5.47. The number of ether oxygens (including phenoxy) is 2. The molecule has 0 radical (unpaired) electrons. The van der Waals surface area contributed by atoms with Crippen molar-refractivity contribution in [2.75, 3.05) is 60.5 Å². The first kappa shape index (κ1) is 23.9. The lowest BCUT2D eigenvalue weighted by atomic mass is 10.2. The summed E-state index contributed by atoms with van der Waals surface area (Å²) in [5, 5.41) is 6.78. The molecule has 174 valence electrons. The Labute approximate surface area is 192 Å². The molecule has 0 saturated carbocycles. The van der Waals surface area contributed by atoms with Crippen molar-refractivity contribution in [3.8, 4) is 11.5 Å². The van der Waals surface area contributed by atoms with Crippen LogP contribution < -0.4 is 20.1 Å². The van der Waals surface area contributed by atoms with E-state index in [-0.39, 0.29) is 0 Å². The smallest absolute Gasteiger partial charge is 0.191 e. The minimum absolute atomic E-state index is 0.635. The molecule has 0 aromatic heterocycles. The molecule has 1 saturated heterocycles.